The SMILES string of the molecule is CC1(C)C(C(=O)O)C1c1nc(-c2ccc(F)cc2)no1. The van der Waals surface area contributed by atoms with Crippen molar-refractivity contribution in [3.05, 3.63) is 36.0 Å². The Morgan fingerprint density at radius 1 is 1.35 bits per heavy atom. The highest BCUT2D eigenvalue weighted by atomic mass is 19.1. The zero-order valence-electron chi connectivity index (χ0n) is 11.0. The second-order valence-corrected chi connectivity index (χ2v) is 5.58. The number of hydrogen-bond donors (Lipinski definition) is 1. The predicted octanol–water partition coefficient (Wildman–Crippen LogP) is 2.70. The molecule has 0 radical (unpaired) electrons. The average molecular weight is 276 g/mol. The Balaban J connectivity index is 1.88. The van der Waals surface area contributed by atoms with Gasteiger partial charge < -0.3 is 9.63 Å². The van der Waals surface area contributed by atoms with Crippen LogP contribution in [0.3, 0.4) is 0 Å². The number of hydrogen-bond acceptors (Lipinski definition) is 4. The molecule has 0 amide bonds. The van der Waals surface area contributed by atoms with Crippen molar-refractivity contribution in [3.63, 3.8) is 0 Å². The molecule has 2 aromatic rings. The third kappa shape index (κ3) is 1.88. The molecule has 0 bridgehead atoms. The van der Waals surface area contributed by atoms with Gasteiger partial charge in [-0.25, -0.2) is 4.39 Å². The van der Waals surface area contributed by atoms with Gasteiger partial charge in [0.1, 0.15) is 5.82 Å². The lowest BCUT2D eigenvalue weighted by atomic mass is 10.1. The fourth-order valence-corrected chi connectivity index (χ4v) is 2.64. The summed E-state index contributed by atoms with van der Waals surface area (Å²) < 4.78 is 18.0. The molecule has 1 aromatic heterocycles. The molecule has 1 fully saturated rings. The van der Waals surface area contributed by atoms with Crippen LogP contribution in [0, 0.1) is 17.2 Å². The van der Waals surface area contributed by atoms with Crippen LogP contribution in [-0.2, 0) is 4.79 Å². The summed E-state index contributed by atoms with van der Waals surface area (Å²) in [5.74, 6) is -1.33. The van der Waals surface area contributed by atoms with E-state index in [1.54, 1.807) is 12.1 Å². The van der Waals surface area contributed by atoms with Crippen LogP contribution in [0.2, 0.25) is 0 Å². The Morgan fingerprint density at radius 3 is 2.55 bits per heavy atom. The topological polar surface area (TPSA) is 76.2 Å². The van der Waals surface area contributed by atoms with Gasteiger partial charge in [0.25, 0.3) is 0 Å². The molecule has 3 rings (SSSR count). The van der Waals surface area contributed by atoms with Crippen LogP contribution in [0.4, 0.5) is 4.39 Å². The number of carboxylic acid groups (broad SMARTS) is 1. The number of carboxylic acids is 1. The highest BCUT2D eigenvalue weighted by Crippen LogP contribution is 2.64. The second kappa shape index (κ2) is 4.13. The van der Waals surface area contributed by atoms with Crippen molar-refractivity contribution in [2.45, 2.75) is 19.8 Å². The number of nitrogens with zero attached hydrogens (tertiary/aromatic N) is 2. The molecular weight excluding hydrogens is 263 g/mol. The maximum atomic E-state index is 12.9. The number of carbonyl (C=O) groups is 1. The van der Waals surface area contributed by atoms with Gasteiger partial charge in [0.05, 0.1) is 11.8 Å². The summed E-state index contributed by atoms with van der Waals surface area (Å²) in [6.45, 7) is 3.72. The van der Waals surface area contributed by atoms with E-state index in [2.05, 4.69) is 10.1 Å². The molecule has 0 spiro atoms. The molecule has 1 heterocycles. The first-order valence-corrected chi connectivity index (χ1v) is 6.23. The number of halogens is 1. The molecule has 0 saturated heterocycles. The van der Waals surface area contributed by atoms with Gasteiger partial charge >= 0.3 is 5.97 Å². The Hall–Kier alpha value is -2.24. The third-order valence-corrected chi connectivity index (χ3v) is 3.90. The summed E-state index contributed by atoms with van der Waals surface area (Å²) in [5.41, 5.74) is 0.241. The van der Waals surface area contributed by atoms with Crippen molar-refractivity contribution in [1.82, 2.24) is 10.1 Å². The minimum Gasteiger partial charge on any atom is -0.481 e. The number of rotatable bonds is 3. The fraction of sp³-hybridized carbons (Fsp3) is 0.357. The van der Waals surface area contributed by atoms with Crippen molar-refractivity contribution in [3.8, 4) is 11.4 Å². The molecule has 0 aliphatic heterocycles. The molecule has 5 nitrogen and oxygen atoms in total. The lowest BCUT2D eigenvalue weighted by Crippen LogP contribution is -2.03. The maximum Gasteiger partial charge on any atom is 0.307 e. The van der Waals surface area contributed by atoms with Gasteiger partial charge in [-0.05, 0) is 29.7 Å². The van der Waals surface area contributed by atoms with Crippen LogP contribution < -0.4 is 0 Å². The average Bonchev–Trinajstić information content (AvgIpc) is 2.74. The van der Waals surface area contributed by atoms with Crippen molar-refractivity contribution in [2.75, 3.05) is 0 Å². The standard InChI is InChI=1S/C14H13FN2O3/c1-14(2)9(10(14)13(18)19)12-16-11(17-20-12)7-3-5-8(15)6-4-7/h3-6,9-10H,1-2H3,(H,18,19). The highest BCUT2D eigenvalue weighted by molar-refractivity contribution is 5.77. The molecule has 2 atom stereocenters. The zero-order chi connectivity index (χ0) is 14.5. The molecule has 2 unspecified atom stereocenters. The van der Waals surface area contributed by atoms with Crippen molar-refractivity contribution in [2.24, 2.45) is 11.3 Å². The van der Waals surface area contributed by atoms with E-state index in [1.807, 2.05) is 13.8 Å². The first kappa shape index (κ1) is 12.8. The van der Waals surface area contributed by atoms with Crippen LogP contribution in [0.5, 0.6) is 0 Å². The van der Waals surface area contributed by atoms with E-state index in [9.17, 15) is 9.18 Å². The van der Waals surface area contributed by atoms with Gasteiger partial charge in [-0.1, -0.05) is 19.0 Å². The number of benzene rings is 1. The molecule has 20 heavy (non-hydrogen) atoms. The first-order chi connectivity index (χ1) is 9.41. The molecule has 1 aliphatic rings. The van der Waals surface area contributed by atoms with Crippen molar-refractivity contribution < 1.29 is 18.8 Å². The van der Waals surface area contributed by atoms with Crippen LogP contribution in [0.1, 0.15) is 25.7 Å². The summed E-state index contributed by atoms with van der Waals surface area (Å²) in [5, 5.41) is 13.0. The molecule has 1 saturated carbocycles. The lowest BCUT2D eigenvalue weighted by Gasteiger charge is -1.96. The van der Waals surface area contributed by atoms with Crippen LogP contribution in [0.25, 0.3) is 11.4 Å². The van der Waals surface area contributed by atoms with E-state index in [1.165, 1.54) is 12.1 Å². The van der Waals surface area contributed by atoms with E-state index in [0.717, 1.165) is 0 Å². The largest absolute Gasteiger partial charge is 0.481 e. The highest BCUT2D eigenvalue weighted by Gasteiger charge is 2.65. The van der Waals surface area contributed by atoms with Gasteiger partial charge in [-0.15, -0.1) is 0 Å². The molecule has 1 aliphatic carbocycles. The Morgan fingerprint density at radius 2 is 2.00 bits per heavy atom. The van der Waals surface area contributed by atoms with E-state index in [-0.39, 0.29) is 11.7 Å². The second-order valence-electron chi connectivity index (χ2n) is 5.58. The van der Waals surface area contributed by atoms with E-state index in [4.69, 9.17) is 9.63 Å². The van der Waals surface area contributed by atoms with Gasteiger partial charge in [0, 0.05) is 5.56 Å². The summed E-state index contributed by atoms with van der Waals surface area (Å²) in [6.07, 6.45) is 0. The van der Waals surface area contributed by atoms with Crippen molar-refractivity contribution in [1.29, 1.82) is 0 Å². The van der Waals surface area contributed by atoms with Gasteiger partial charge in [-0.2, -0.15) is 4.98 Å². The summed E-state index contributed by atoms with van der Waals surface area (Å²) in [7, 11) is 0. The van der Waals surface area contributed by atoms with Gasteiger partial charge in [0.2, 0.25) is 11.7 Å². The predicted molar refractivity (Wildman–Crippen MR) is 67.3 cm³/mol. The van der Waals surface area contributed by atoms with Gasteiger partial charge in [0.15, 0.2) is 0 Å². The Labute approximate surface area is 114 Å². The minimum atomic E-state index is -0.860. The van der Waals surface area contributed by atoms with Crippen LogP contribution >= 0.6 is 0 Å². The summed E-state index contributed by atoms with van der Waals surface area (Å²) in [6, 6.07) is 5.73. The minimum absolute atomic E-state index is 0.276. The van der Waals surface area contributed by atoms with Crippen LogP contribution in [-0.4, -0.2) is 21.2 Å². The summed E-state index contributed by atoms with van der Waals surface area (Å²) >= 11 is 0. The third-order valence-electron chi connectivity index (χ3n) is 3.90. The number of aromatic nitrogens is 2. The Kier molecular flexibility index (Phi) is 2.64. The van der Waals surface area contributed by atoms with Crippen molar-refractivity contribution >= 4 is 5.97 Å². The quantitative estimate of drug-likeness (QED) is 0.932. The summed E-state index contributed by atoms with van der Waals surface area (Å²) in [4.78, 5) is 15.4. The van der Waals surface area contributed by atoms with E-state index < -0.39 is 17.3 Å². The molecule has 104 valence electrons. The lowest BCUT2D eigenvalue weighted by molar-refractivity contribution is -0.139. The zero-order valence-corrected chi connectivity index (χ0v) is 11.0. The molecule has 1 N–H and O–H groups in total. The molecular formula is C14H13FN2O3. The monoisotopic (exact) mass is 276 g/mol. The van der Waals surface area contributed by atoms with E-state index >= 15 is 0 Å². The van der Waals surface area contributed by atoms with E-state index in [0.29, 0.717) is 17.3 Å². The number of aliphatic carboxylic acids is 1. The maximum absolute atomic E-state index is 12.9. The van der Waals surface area contributed by atoms with Crippen LogP contribution in [0.15, 0.2) is 28.8 Å². The first-order valence-electron chi connectivity index (χ1n) is 6.23. The Bertz CT molecular complexity index is 663. The smallest absolute Gasteiger partial charge is 0.307 e. The van der Waals surface area contributed by atoms with Gasteiger partial charge in [-0.3, -0.25) is 4.79 Å². The molecule has 6 heteroatoms. The fourth-order valence-electron chi connectivity index (χ4n) is 2.64. The normalized spacial score (nSPS) is 23.6. The molecule has 1 aromatic carbocycles.